The van der Waals surface area contributed by atoms with Crippen LogP contribution in [-0.2, 0) is 25.3 Å². The van der Waals surface area contributed by atoms with E-state index in [2.05, 4.69) is 46.7 Å². The first kappa shape index (κ1) is 36.4. The van der Waals surface area contributed by atoms with Gasteiger partial charge in [-0.25, -0.2) is 0 Å². The second-order valence-electron chi connectivity index (χ2n) is 14.4. The van der Waals surface area contributed by atoms with E-state index in [1.165, 1.54) is 21.6 Å². The van der Waals surface area contributed by atoms with E-state index in [0.717, 1.165) is 64.2 Å². The minimum Gasteiger partial charge on any atom is -0.335 e. The van der Waals surface area contributed by atoms with Gasteiger partial charge in [0.05, 0.1) is 11.1 Å². The molecule has 0 bridgehead atoms. The molecule has 3 aromatic rings. The molecule has 0 aromatic heterocycles. The number of halogens is 6. The largest absolute Gasteiger partial charge is 0.416 e. The van der Waals surface area contributed by atoms with Gasteiger partial charge >= 0.3 is 12.4 Å². The van der Waals surface area contributed by atoms with Gasteiger partial charge < -0.3 is 4.90 Å². The molecule has 2 atom stereocenters. The molecule has 3 aliphatic rings. The highest BCUT2D eigenvalue weighted by Crippen LogP contribution is 2.37. The summed E-state index contributed by atoms with van der Waals surface area (Å²) in [5.74, 6) is -0.797. The second-order valence-corrected chi connectivity index (χ2v) is 14.4. The number of hydrogen-bond donors (Lipinski definition) is 0. The van der Waals surface area contributed by atoms with Crippen molar-refractivity contribution in [2.45, 2.75) is 83.0 Å². The highest BCUT2D eigenvalue weighted by Gasteiger charge is 2.40. The molecule has 270 valence electrons. The summed E-state index contributed by atoms with van der Waals surface area (Å²) in [6.45, 7) is 11.4. The van der Waals surface area contributed by atoms with Crippen molar-refractivity contribution in [1.29, 1.82) is 0 Å². The Kier molecular flexibility index (Phi) is 11.0. The zero-order chi connectivity index (χ0) is 35.6. The number of carbonyl (C=O) groups excluding carboxylic acids is 1. The van der Waals surface area contributed by atoms with E-state index in [1.54, 1.807) is 0 Å². The molecule has 50 heavy (non-hydrogen) atoms. The van der Waals surface area contributed by atoms with Crippen molar-refractivity contribution < 1.29 is 31.1 Å². The number of nitrogens with zero attached hydrogens (tertiary/aromatic N) is 4. The lowest BCUT2D eigenvalue weighted by Crippen LogP contribution is -2.58. The normalized spacial score (nSPS) is 22.2. The van der Waals surface area contributed by atoms with E-state index in [0.29, 0.717) is 37.4 Å². The molecule has 2 unspecified atom stereocenters. The van der Waals surface area contributed by atoms with Crippen molar-refractivity contribution in [2.24, 2.45) is 0 Å². The fourth-order valence-electron chi connectivity index (χ4n) is 8.28. The number of rotatable bonds is 7. The van der Waals surface area contributed by atoms with Crippen LogP contribution in [0.2, 0.25) is 0 Å². The first-order chi connectivity index (χ1) is 23.7. The maximum atomic E-state index is 13.8. The molecule has 0 saturated carbocycles. The predicted molar refractivity (Wildman–Crippen MR) is 182 cm³/mol. The van der Waals surface area contributed by atoms with E-state index in [4.69, 9.17) is 0 Å². The minimum absolute atomic E-state index is 0.0691. The third-order valence-corrected chi connectivity index (χ3v) is 10.7. The zero-order valence-corrected chi connectivity index (χ0v) is 28.7. The van der Waals surface area contributed by atoms with Crippen molar-refractivity contribution in [3.8, 4) is 0 Å². The Balaban J connectivity index is 1.09. The molecule has 0 aliphatic carbocycles. The van der Waals surface area contributed by atoms with Crippen molar-refractivity contribution in [3.05, 3.63) is 106 Å². The summed E-state index contributed by atoms with van der Waals surface area (Å²) >= 11 is 0. The lowest BCUT2D eigenvalue weighted by molar-refractivity contribution is -0.143. The number of likely N-dealkylation sites (tertiary alicyclic amines) is 2. The highest BCUT2D eigenvalue weighted by atomic mass is 19.4. The molecular weight excluding hydrogens is 654 g/mol. The van der Waals surface area contributed by atoms with Crippen LogP contribution in [0.15, 0.2) is 66.7 Å². The third kappa shape index (κ3) is 8.90. The molecule has 0 radical (unpaired) electrons. The number of piperazine rings is 1. The van der Waals surface area contributed by atoms with Gasteiger partial charge in [0.1, 0.15) is 0 Å². The van der Waals surface area contributed by atoms with Crippen LogP contribution in [0.3, 0.4) is 0 Å². The van der Waals surface area contributed by atoms with Crippen LogP contribution in [-0.4, -0.2) is 89.4 Å². The van der Waals surface area contributed by atoms with E-state index in [9.17, 15) is 31.1 Å². The number of benzene rings is 3. The van der Waals surface area contributed by atoms with Crippen molar-refractivity contribution in [2.75, 3.05) is 45.8 Å². The summed E-state index contributed by atoms with van der Waals surface area (Å²) in [6, 6.07) is 17.8. The van der Waals surface area contributed by atoms with Crippen LogP contribution >= 0.6 is 0 Å². The number of aryl methyl sites for hydroxylation is 2. The summed E-state index contributed by atoms with van der Waals surface area (Å²) in [5, 5.41) is 0. The van der Waals surface area contributed by atoms with Gasteiger partial charge in [0.25, 0.3) is 5.91 Å². The fourth-order valence-corrected chi connectivity index (χ4v) is 8.28. The van der Waals surface area contributed by atoms with Crippen LogP contribution in [0.25, 0.3) is 0 Å². The Morgan fingerprint density at radius 2 is 1.20 bits per heavy atom. The zero-order valence-electron chi connectivity index (χ0n) is 28.7. The maximum Gasteiger partial charge on any atom is 0.416 e. The van der Waals surface area contributed by atoms with Crippen molar-refractivity contribution >= 4 is 5.91 Å². The van der Waals surface area contributed by atoms with Crippen LogP contribution in [0.1, 0.15) is 69.4 Å². The number of amides is 1. The Morgan fingerprint density at radius 1 is 0.660 bits per heavy atom. The molecule has 1 amide bonds. The van der Waals surface area contributed by atoms with Gasteiger partial charge in [-0.05, 0) is 88.4 Å². The van der Waals surface area contributed by atoms with E-state index < -0.39 is 35.0 Å². The number of carbonyl (C=O) groups is 1. The molecule has 3 fully saturated rings. The number of alkyl halides is 6. The van der Waals surface area contributed by atoms with Gasteiger partial charge in [0.15, 0.2) is 0 Å². The summed E-state index contributed by atoms with van der Waals surface area (Å²) in [4.78, 5) is 22.9. The van der Waals surface area contributed by atoms with Gasteiger partial charge in [-0.3, -0.25) is 19.5 Å². The molecular formula is C39H46F6N4O. The Hall–Kier alpha value is -3.41. The van der Waals surface area contributed by atoms with Crippen LogP contribution in [0, 0.1) is 13.8 Å². The van der Waals surface area contributed by atoms with Crippen LogP contribution < -0.4 is 0 Å². The third-order valence-electron chi connectivity index (χ3n) is 10.7. The minimum atomic E-state index is -5.02. The van der Waals surface area contributed by atoms with Gasteiger partial charge in [-0.2, -0.15) is 26.3 Å². The summed E-state index contributed by atoms with van der Waals surface area (Å²) < 4.78 is 81.8. The summed E-state index contributed by atoms with van der Waals surface area (Å²) in [7, 11) is 0. The number of hydrogen-bond acceptors (Lipinski definition) is 4. The molecule has 3 aliphatic heterocycles. The lowest BCUT2D eigenvalue weighted by atomic mass is 9.90. The van der Waals surface area contributed by atoms with E-state index >= 15 is 0 Å². The average Bonchev–Trinajstić information content (AvgIpc) is 3.07. The molecule has 11 heteroatoms. The molecule has 3 aromatic carbocycles. The lowest BCUT2D eigenvalue weighted by Gasteiger charge is -2.48. The van der Waals surface area contributed by atoms with Crippen LogP contribution in [0.4, 0.5) is 26.3 Å². The monoisotopic (exact) mass is 700 g/mol. The van der Waals surface area contributed by atoms with Crippen molar-refractivity contribution in [1.82, 2.24) is 19.6 Å². The SMILES string of the molecule is Cc1cc(C)cc(CN2CCC(N3CCN(C4CCN(C(=O)c5cc(C(F)(F)F)cc(C(F)(F)F)c5)C(Cc5ccccc5)C4)CC3)CC2)c1. The van der Waals surface area contributed by atoms with Crippen LogP contribution in [0.5, 0.6) is 0 Å². The second kappa shape index (κ2) is 15.1. The first-order valence-electron chi connectivity index (χ1n) is 17.6. The van der Waals surface area contributed by atoms with Crippen molar-refractivity contribution in [3.63, 3.8) is 0 Å². The molecule has 3 saturated heterocycles. The van der Waals surface area contributed by atoms with Gasteiger partial charge in [-0.15, -0.1) is 0 Å². The Bertz CT molecular complexity index is 1560. The molecule has 6 rings (SSSR count). The molecule has 3 heterocycles. The Morgan fingerprint density at radius 3 is 1.76 bits per heavy atom. The number of piperidine rings is 2. The maximum absolute atomic E-state index is 13.8. The molecule has 5 nitrogen and oxygen atoms in total. The summed E-state index contributed by atoms with van der Waals surface area (Å²) in [6.07, 6.45) is -6.10. The smallest absolute Gasteiger partial charge is 0.335 e. The van der Waals surface area contributed by atoms with E-state index in [-0.39, 0.29) is 24.7 Å². The quantitative estimate of drug-likeness (QED) is 0.235. The molecule has 0 N–H and O–H groups in total. The Labute approximate surface area is 290 Å². The highest BCUT2D eigenvalue weighted by molar-refractivity contribution is 5.95. The molecule has 0 spiro atoms. The van der Waals surface area contributed by atoms with Gasteiger partial charge in [0, 0.05) is 63.0 Å². The van der Waals surface area contributed by atoms with Gasteiger partial charge in [0.2, 0.25) is 0 Å². The predicted octanol–water partition coefficient (Wildman–Crippen LogP) is 7.84. The summed E-state index contributed by atoms with van der Waals surface area (Å²) in [5.41, 5.74) is 1.39. The first-order valence-corrected chi connectivity index (χ1v) is 17.6. The van der Waals surface area contributed by atoms with Gasteiger partial charge in [-0.1, -0.05) is 59.7 Å². The van der Waals surface area contributed by atoms with E-state index in [1.807, 2.05) is 30.3 Å². The fraction of sp³-hybridized carbons (Fsp3) is 0.513. The topological polar surface area (TPSA) is 30.0 Å². The average molecular weight is 701 g/mol. The standard InChI is InChI=1S/C39H46F6N4O/c1-27-18-28(2)20-30(19-27)26-46-11-8-34(9-12-46)47-14-16-48(17-15-47)35-10-13-49(36(25-35)21-29-6-4-3-5-7-29)37(50)31-22-32(38(40,41)42)24-33(23-31)39(43,44)45/h3-7,18-20,22-24,34-36H,8-17,21,25-26H2,1-2H3.